The van der Waals surface area contributed by atoms with Gasteiger partial charge in [0.25, 0.3) is 0 Å². The minimum atomic E-state index is -0.489. The highest BCUT2D eigenvalue weighted by atomic mass is 32.2. The smallest absolute Gasteiger partial charge is 0.338 e. The van der Waals surface area contributed by atoms with Crippen LogP contribution in [0.25, 0.3) is 0 Å². The standard InChI is InChI=1S/C25H27N5O2S/c1-17-21(23(31)32-19-12-6-3-7-13-19)22(20-14-8-9-15-26-20)30-24(27-17)28-25(29-30)33-16-18-10-4-2-5-11-18/h2,4-5,8-11,14-15,19,22H,3,6-7,12-13,16H2,1H3,(H,27,28,29). The molecule has 7 nitrogen and oxygen atoms in total. The lowest BCUT2D eigenvalue weighted by Crippen LogP contribution is -2.32. The molecule has 0 amide bonds. The van der Waals surface area contributed by atoms with Crippen molar-refractivity contribution in [1.82, 2.24) is 19.7 Å². The molecule has 0 radical (unpaired) electrons. The van der Waals surface area contributed by atoms with Gasteiger partial charge in [-0.25, -0.2) is 9.48 Å². The van der Waals surface area contributed by atoms with Gasteiger partial charge in [-0.2, -0.15) is 4.98 Å². The highest BCUT2D eigenvalue weighted by molar-refractivity contribution is 7.98. The zero-order valence-electron chi connectivity index (χ0n) is 18.6. The quantitative estimate of drug-likeness (QED) is 0.402. The van der Waals surface area contributed by atoms with E-state index in [9.17, 15) is 4.79 Å². The molecule has 2 aromatic heterocycles. The molecule has 1 N–H and O–H groups in total. The van der Waals surface area contributed by atoms with Crippen LogP contribution in [0.2, 0.25) is 0 Å². The van der Waals surface area contributed by atoms with Crippen molar-refractivity contribution >= 4 is 23.7 Å². The predicted molar refractivity (Wildman–Crippen MR) is 128 cm³/mol. The van der Waals surface area contributed by atoms with Gasteiger partial charge in [-0.3, -0.25) is 4.98 Å². The van der Waals surface area contributed by atoms with E-state index in [4.69, 9.17) is 14.8 Å². The molecule has 1 aliphatic carbocycles. The Morgan fingerprint density at radius 3 is 2.67 bits per heavy atom. The number of aromatic nitrogens is 4. The van der Waals surface area contributed by atoms with E-state index in [0.29, 0.717) is 16.7 Å². The second-order valence-electron chi connectivity index (χ2n) is 8.42. The van der Waals surface area contributed by atoms with Gasteiger partial charge < -0.3 is 10.1 Å². The van der Waals surface area contributed by atoms with Crippen molar-refractivity contribution in [2.45, 2.75) is 62.1 Å². The molecule has 3 aromatic rings. The largest absolute Gasteiger partial charge is 0.459 e. The molecular weight excluding hydrogens is 434 g/mol. The molecule has 8 heteroatoms. The average Bonchev–Trinajstić information content (AvgIpc) is 3.26. The topological polar surface area (TPSA) is 81.9 Å². The lowest BCUT2D eigenvalue weighted by Gasteiger charge is -2.29. The zero-order chi connectivity index (χ0) is 22.6. The summed E-state index contributed by atoms with van der Waals surface area (Å²) in [4.78, 5) is 22.6. The van der Waals surface area contributed by atoms with Gasteiger partial charge in [0.05, 0.1) is 11.3 Å². The van der Waals surface area contributed by atoms with Crippen LogP contribution in [-0.2, 0) is 15.3 Å². The Labute approximate surface area is 197 Å². The first-order valence-corrected chi connectivity index (χ1v) is 12.4. The highest BCUT2D eigenvalue weighted by Crippen LogP contribution is 2.37. The molecule has 1 aliphatic heterocycles. The van der Waals surface area contributed by atoms with Crippen LogP contribution in [0.4, 0.5) is 5.95 Å². The summed E-state index contributed by atoms with van der Waals surface area (Å²) in [5, 5.41) is 8.69. The monoisotopic (exact) mass is 461 g/mol. The van der Waals surface area contributed by atoms with Gasteiger partial charge >= 0.3 is 5.97 Å². The number of benzene rings is 1. The van der Waals surface area contributed by atoms with Crippen molar-refractivity contribution in [1.29, 1.82) is 0 Å². The number of carbonyl (C=O) groups is 1. The number of thioether (sulfide) groups is 1. The number of hydrogen-bond donors (Lipinski definition) is 1. The number of carbonyl (C=O) groups excluding carboxylic acids is 1. The Hall–Kier alpha value is -3.13. The van der Waals surface area contributed by atoms with Crippen LogP contribution in [0.1, 0.15) is 56.3 Å². The third kappa shape index (κ3) is 4.80. The van der Waals surface area contributed by atoms with Crippen LogP contribution in [0, 0.1) is 0 Å². The van der Waals surface area contributed by atoms with E-state index in [-0.39, 0.29) is 12.1 Å². The van der Waals surface area contributed by atoms with Gasteiger partial charge in [-0.05, 0) is 50.3 Å². The van der Waals surface area contributed by atoms with Crippen LogP contribution in [-0.4, -0.2) is 31.8 Å². The van der Waals surface area contributed by atoms with E-state index in [0.717, 1.165) is 42.8 Å². The summed E-state index contributed by atoms with van der Waals surface area (Å²) >= 11 is 1.57. The molecule has 1 atom stereocenters. The number of pyridine rings is 1. The van der Waals surface area contributed by atoms with Gasteiger partial charge in [0.2, 0.25) is 11.1 Å². The van der Waals surface area contributed by atoms with E-state index in [1.807, 2.05) is 43.3 Å². The Morgan fingerprint density at radius 2 is 1.91 bits per heavy atom. The Bertz CT molecular complexity index is 1140. The SMILES string of the molecule is CC1=C(C(=O)OC2CCCCC2)C(c2ccccn2)n2nc(SCc3ccccc3)nc2N1. The maximum absolute atomic E-state index is 13.4. The van der Waals surface area contributed by atoms with Crippen molar-refractivity contribution in [2.75, 3.05) is 5.32 Å². The second kappa shape index (κ2) is 9.79. The van der Waals surface area contributed by atoms with Gasteiger partial charge in [-0.15, -0.1) is 5.10 Å². The summed E-state index contributed by atoms with van der Waals surface area (Å²) in [5.41, 5.74) is 3.21. The molecule has 1 saturated carbocycles. The number of esters is 1. The van der Waals surface area contributed by atoms with E-state index in [1.165, 1.54) is 12.0 Å². The van der Waals surface area contributed by atoms with Crippen molar-refractivity contribution < 1.29 is 9.53 Å². The summed E-state index contributed by atoms with van der Waals surface area (Å²) in [6.07, 6.45) is 6.98. The number of anilines is 1. The molecule has 170 valence electrons. The molecule has 0 saturated heterocycles. The molecule has 1 unspecified atom stereocenters. The van der Waals surface area contributed by atoms with Crippen molar-refractivity contribution in [3.05, 3.63) is 77.3 Å². The molecule has 0 bridgehead atoms. The van der Waals surface area contributed by atoms with Crippen LogP contribution in [0.3, 0.4) is 0 Å². The first-order chi connectivity index (χ1) is 16.2. The number of fused-ring (bicyclic) bond motifs is 1. The molecular formula is C25H27N5O2S. The third-order valence-corrected chi connectivity index (χ3v) is 6.97. The van der Waals surface area contributed by atoms with Crippen LogP contribution < -0.4 is 5.32 Å². The van der Waals surface area contributed by atoms with Gasteiger partial charge in [-0.1, -0.05) is 54.6 Å². The molecule has 5 rings (SSSR count). The fourth-order valence-electron chi connectivity index (χ4n) is 4.39. The number of ether oxygens (including phenoxy) is 1. The fraction of sp³-hybridized carbons (Fsp3) is 0.360. The van der Waals surface area contributed by atoms with Crippen LogP contribution in [0.5, 0.6) is 0 Å². The highest BCUT2D eigenvalue weighted by Gasteiger charge is 2.37. The summed E-state index contributed by atoms with van der Waals surface area (Å²) in [6.45, 7) is 1.89. The molecule has 3 heterocycles. The Morgan fingerprint density at radius 1 is 1.12 bits per heavy atom. The molecule has 1 aromatic carbocycles. The average molecular weight is 462 g/mol. The Kier molecular flexibility index (Phi) is 6.44. The van der Waals surface area contributed by atoms with Crippen LogP contribution >= 0.6 is 11.8 Å². The maximum Gasteiger partial charge on any atom is 0.338 e. The van der Waals surface area contributed by atoms with Crippen molar-refractivity contribution in [3.8, 4) is 0 Å². The fourth-order valence-corrected chi connectivity index (χ4v) is 5.17. The number of nitrogens with one attached hydrogen (secondary N) is 1. The minimum absolute atomic E-state index is 0.0231. The van der Waals surface area contributed by atoms with E-state index >= 15 is 0 Å². The third-order valence-electron chi connectivity index (χ3n) is 6.06. The number of nitrogens with zero attached hydrogens (tertiary/aromatic N) is 4. The van der Waals surface area contributed by atoms with Crippen molar-refractivity contribution in [2.24, 2.45) is 0 Å². The lowest BCUT2D eigenvalue weighted by molar-refractivity contribution is -0.146. The first kappa shape index (κ1) is 21.7. The first-order valence-electron chi connectivity index (χ1n) is 11.4. The van der Waals surface area contributed by atoms with Crippen LogP contribution in [0.15, 0.2) is 71.2 Å². The molecule has 2 aliphatic rings. The summed E-state index contributed by atoms with van der Waals surface area (Å²) in [6, 6.07) is 15.4. The summed E-state index contributed by atoms with van der Waals surface area (Å²) in [5.74, 6) is 1.07. The summed E-state index contributed by atoms with van der Waals surface area (Å²) < 4.78 is 7.71. The Balaban J connectivity index is 1.44. The van der Waals surface area contributed by atoms with Gasteiger partial charge in [0.1, 0.15) is 12.1 Å². The normalized spacial score (nSPS) is 18.5. The zero-order valence-corrected chi connectivity index (χ0v) is 19.4. The molecule has 33 heavy (non-hydrogen) atoms. The molecule has 1 fully saturated rings. The second-order valence-corrected chi connectivity index (χ2v) is 9.37. The predicted octanol–water partition coefficient (Wildman–Crippen LogP) is 5.13. The van der Waals surface area contributed by atoms with E-state index in [1.54, 1.807) is 22.6 Å². The van der Waals surface area contributed by atoms with E-state index < -0.39 is 6.04 Å². The maximum atomic E-state index is 13.4. The summed E-state index contributed by atoms with van der Waals surface area (Å²) in [7, 11) is 0. The number of rotatable bonds is 6. The number of hydrogen-bond acceptors (Lipinski definition) is 7. The molecule has 0 spiro atoms. The van der Waals surface area contributed by atoms with Crippen molar-refractivity contribution in [3.63, 3.8) is 0 Å². The minimum Gasteiger partial charge on any atom is -0.459 e. The van der Waals surface area contributed by atoms with E-state index in [2.05, 4.69) is 22.4 Å². The lowest BCUT2D eigenvalue weighted by atomic mass is 9.96. The number of allylic oxidation sites excluding steroid dienone is 1. The van der Waals surface area contributed by atoms with Gasteiger partial charge in [0.15, 0.2) is 0 Å². The van der Waals surface area contributed by atoms with Gasteiger partial charge in [0, 0.05) is 17.6 Å².